The van der Waals surface area contributed by atoms with Crippen LogP contribution in [0.2, 0.25) is 0 Å². The van der Waals surface area contributed by atoms with Crippen LogP contribution in [0.1, 0.15) is 19.4 Å². The molecule has 5 nitrogen and oxygen atoms in total. The van der Waals surface area contributed by atoms with E-state index in [4.69, 9.17) is 9.47 Å². The van der Waals surface area contributed by atoms with Crippen molar-refractivity contribution in [3.63, 3.8) is 0 Å². The summed E-state index contributed by atoms with van der Waals surface area (Å²) in [4.78, 5) is 13.9. The molecule has 0 aliphatic carbocycles. The summed E-state index contributed by atoms with van der Waals surface area (Å²) in [6.45, 7) is 5.13. The number of rotatable bonds is 5. The van der Waals surface area contributed by atoms with Crippen molar-refractivity contribution in [3.05, 3.63) is 35.9 Å². The van der Waals surface area contributed by atoms with E-state index in [0.717, 1.165) is 5.56 Å². The van der Waals surface area contributed by atoms with Gasteiger partial charge in [0, 0.05) is 13.1 Å². The first-order chi connectivity index (χ1) is 10.00. The maximum absolute atomic E-state index is 12.2. The molecule has 21 heavy (non-hydrogen) atoms. The van der Waals surface area contributed by atoms with E-state index in [0.29, 0.717) is 19.7 Å². The topological polar surface area (TPSA) is 59.0 Å². The van der Waals surface area contributed by atoms with Crippen molar-refractivity contribution in [1.82, 2.24) is 4.90 Å². The number of benzene rings is 1. The Labute approximate surface area is 125 Å². The number of morpholine rings is 1. The van der Waals surface area contributed by atoms with Gasteiger partial charge in [0.05, 0.1) is 24.9 Å². The molecule has 1 unspecified atom stereocenters. The van der Waals surface area contributed by atoms with E-state index in [1.54, 1.807) is 4.90 Å². The lowest BCUT2D eigenvalue weighted by molar-refractivity contribution is -0.170. The largest absolute Gasteiger partial charge is 0.394 e. The van der Waals surface area contributed by atoms with Crippen LogP contribution in [0.5, 0.6) is 0 Å². The summed E-state index contributed by atoms with van der Waals surface area (Å²) >= 11 is 0. The first-order valence-electron chi connectivity index (χ1n) is 7.18. The van der Waals surface area contributed by atoms with Crippen LogP contribution in [-0.2, 0) is 20.9 Å². The van der Waals surface area contributed by atoms with Crippen molar-refractivity contribution in [1.29, 1.82) is 0 Å². The van der Waals surface area contributed by atoms with E-state index >= 15 is 0 Å². The average Bonchev–Trinajstić information content (AvgIpc) is 2.46. The lowest BCUT2D eigenvalue weighted by Crippen LogP contribution is -2.56. The Morgan fingerprint density at radius 1 is 1.43 bits per heavy atom. The molecule has 2 rings (SSSR count). The van der Waals surface area contributed by atoms with Crippen LogP contribution in [0.3, 0.4) is 0 Å². The maximum Gasteiger partial charge on any atom is 0.248 e. The van der Waals surface area contributed by atoms with Crippen LogP contribution in [0.4, 0.5) is 0 Å². The van der Waals surface area contributed by atoms with Gasteiger partial charge >= 0.3 is 0 Å². The number of hydrogen-bond donors (Lipinski definition) is 1. The van der Waals surface area contributed by atoms with Crippen LogP contribution >= 0.6 is 0 Å². The molecule has 1 saturated heterocycles. The molecule has 1 aromatic rings. The molecular weight excluding hydrogens is 270 g/mol. The standard InChI is InChI=1S/C16H23NO4/c1-16(2)12-17(8-14(9-18)21-16)15(19)11-20-10-13-6-4-3-5-7-13/h3-7,14,18H,8-12H2,1-2H3. The minimum Gasteiger partial charge on any atom is -0.394 e. The van der Waals surface area contributed by atoms with E-state index in [1.165, 1.54) is 0 Å². The summed E-state index contributed by atoms with van der Waals surface area (Å²) in [6, 6.07) is 9.75. The summed E-state index contributed by atoms with van der Waals surface area (Å²) in [6.07, 6.45) is -0.327. The molecule has 5 heteroatoms. The molecule has 0 spiro atoms. The quantitative estimate of drug-likeness (QED) is 0.886. The van der Waals surface area contributed by atoms with Gasteiger partial charge in [-0.3, -0.25) is 4.79 Å². The predicted octanol–water partition coefficient (Wildman–Crippen LogP) is 1.20. The van der Waals surface area contributed by atoms with E-state index in [1.807, 2.05) is 44.2 Å². The molecule has 1 heterocycles. The van der Waals surface area contributed by atoms with Gasteiger partial charge in [0.15, 0.2) is 0 Å². The number of nitrogens with zero attached hydrogens (tertiary/aromatic N) is 1. The highest BCUT2D eigenvalue weighted by Crippen LogP contribution is 2.20. The fraction of sp³-hybridized carbons (Fsp3) is 0.562. The fourth-order valence-corrected chi connectivity index (χ4v) is 2.50. The van der Waals surface area contributed by atoms with Crippen LogP contribution in [0.15, 0.2) is 30.3 Å². The van der Waals surface area contributed by atoms with Crippen molar-refractivity contribution in [2.75, 3.05) is 26.3 Å². The van der Waals surface area contributed by atoms with Crippen molar-refractivity contribution in [2.24, 2.45) is 0 Å². The molecule has 1 amide bonds. The number of carbonyl (C=O) groups is 1. The molecule has 0 saturated carbocycles. The molecule has 1 aliphatic rings. The molecule has 0 radical (unpaired) electrons. The lowest BCUT2D eigenvalue weighted by atomic mass is 10.1. The highest BCUT2D eigenvalue weighted by Gasteiger charge is 2.35. The maximum atomic E-state index is 12.2. The monoisotopic (exact) mass is 293 g/mol. The van der Waals surface area contributed by atoms with E-state index in [-0.39, 0.29) is 25.2 Å². The van der Waals surface area contributed by atoms with Gasteiger partial charge in [-0.2, -0.15) is 0 Å². The minimum absolute atomic E-state index is 0.0448. The third kappa shape index (κ3) is 4.81. The van der Waals surface area contributed by atoms with Gasteiger partial charge < -0.3 is 19.5 Å². The Kier molecular flexibility index (Phi) is 5.33. The SMILES string of the molecule is CC1(C)CN(C(=O)COCc2ccccc2)CC(CO)O1. The van der Waals surface area contributed by atoms with Crippen LogP contribution < -0.4 is 0 Å². The second-order valence-electron chi connectivity index (χ2n) is 5.93. The van der Waals surface area contributed by atoms with Gasteiger partial charge in [0.1, 0.15) is 6.61 Å². The van der Waals surface area contributed by atoms with E-state index < -0.39 is 5.60 Å². The van der Waals surface area contributed by atoms with Crippen molar-refractivity contribution in [3.8, 4) is 0 Å². The zero-order chi connectivity index (χ0) is 15.3. The summed E-state index contributed by atoms with van der Waals surface area (Å²) in [7, 11) is 0. The smallest absolute Gasteiger partial charge is 0.248 e. The molecule has 1 aliphatic heterocycles. The predicted molar refractivity (Wildman–Crippen MR) is 78.7 cm³/mol. The highest BCUT2D eigenvalue weighted by molar-refractivity contribution is 5.77. The summed E-state index contributed by atoms with van der Waals surface area (Å²) in [5.74, 6) is -0.0687. The average molecular weight is 293 g/mol. The van der Waals surface area contributed by atoms with E-state index in [2.05, 4.69) is 0 Å². The molecule has 1 aromatic carbocycles. The highest BCUT2D eigenvalue weighted by atomic mass is 16.5. The molecule has 1 fully saturated rings. The number of ether oxygens (including phenoxy) is 2. The Hall–Kier alpha value is -1.43. The lowest BCUT2D eigenvalue weighted by Gasteiger charge is -2.42. The zero-order valence-corrected chi connectivity index (χ0v) is 12.6. The second-order valence-corrected chi connectivity index (χ2v) is 5.93. The van der Waals surface area contributed by atoms with Crippen LogP contribution in [0.25, 0.3) is 0 Å². The number of amides is 1. The number of carbonyl (C=O) groups excluding carboxylic acids is 1. The van der Waals surface area contributed by atoms with Crippen LogP contribution in [0, 0.1) is 0 Å². The van der Waals surface area contributed by atoms with Crippen molar-refractivity contribution >= 4 is 5.91 Å². The second kappa shape index (κ2) is 7.02. The molecule has 1 atom stereocenters. The van der Waals surface area contributed by atoms with Gasteiger partial charge in [-0.05, 0) is 19.4 Å². The zero-order valence-electron chi connectivity index (χ0n) is 12.6. The Balaban J connectivity index is 1.82. The number of aliphatic hydroxyl groups excluding tert-OH is 1. The summed E-state index contributed by atoms with van der Waals surface area (Å²) in [5.41, 5.74) is 0.599. The van der Waals surface area contributed by atoms with E-state index in [9.17, 15) is 9.90 Å². The third-order valence-corrected chi connectivity index (χ3v) is 3.37. The van der Waals surface area contributed by atoms with Crippen molar-refractivity contribution in [2.45, 2.75) is 32.2 Å². The Bertz CT molecular complexity index is 461. The fourth-order valence-electron chi connectivity index (χ4n) is 2.50. The Morgan fingerprint density at radius 3 is 2.81 bits per heavy atom. The Morgan fingerprint density at radius 2 is 2.14 bits per heavy atom. The van der Waals surface area contributed by atoms with Gasteiger partial charge in [0.25, 0.3) is 0 Å². The van der Waals surface area contributed by atoms with Crippen LogP contribution in [-0.4, -0.2) is 53.9 Å². The van der Waals surface area contributed by atoms with Gasteiger partial charge in [-0.1, -0.05) is 30.3 Å². The first kappa shape index (κ1) is 15.9. The molecule has 116 valence electrons. The van der Waals surface area contributed by atoms with Gasteiger partial charge in [-0.25, -0.2) is 0 Å². The number of hydrogen-bond acceptors (Lipinski definition) is 4. The molecular formula is C16H23NO4. The minimum atomic E-state index is -0.444. The molecule has 0 bridgehead atoms. The summed E-state index contributed by atoms with van der Waals surface area (Å²) in [5, 5.41) is 9.25. The van der Waals surface area contributed by atoms with Gasteiger partial charge in [-0.15, -0.1) is 0 Å². The molecule has 0 aromatic heterocycles. The molecule has 1 N–H and O–H groups in total. The first-order valence-corrected chi connectivity index (χ1v) is 7.18. The van der Waals surface area contributed by atoms with Crippen molar-refractivity contribution < 1.29 is 19.4 Å². The number of aliphatic hydroxyl groups is 1. The summed E-state index contributed by atoms with van der Waals surface area (Å²) < 4.78 is 11.2. The van der Waals surface area contributed by atoms with Gasteiger partial charge in [0.2, 0.25) is 5.91 Å². The third-order valence-electron chi connectivity index (χ3n) is 3.37. The normalized spacial score (nSPS) is 21.3.